The SMILES string of the molecule is COc1cccc(F)c1C(N)c1c(Br)cnn1C. The van der Waals surface area contributed by atoms with Gasteiger partial charge in [-0.15, -0.1) is 0 Å². The van der Waals surface area contributed by atoms with Crippen LogP contribution in [0.15, 0.2) is 28.9 Å². The number of aryl methyl sites for hydroxylation is 1. The maximum absolute atomic E-state index is 13.9. The largest absolute Gasteiger partial charge is 0.496 e. The van der Waals surface area contributed by atoms with Gasteiger partial charge in [0, 0.05) is 7.05 Å². The van der Waals surface area contributed by atoms with Crippen molar-refractivity contribution in [2.75, 3.05) is 7.11 Å². The van der Waals surface area contributed by atoms with E-state index in [-0.39, 0.29) is 0 Å². The van der Waals surface area contributed by atoms with Crippen LogP contribution in [-0.2, 0) is 7.05 Å². The van der Waals surface area contributed by atoms with Gasteiger partial charge in [0.25, 0.3) is 0 Å². The molecule has 1 aromatic heterocycles. The number of hydrogen-bond acceptors (Lipinski definition) is 3. The molecule has 2 rings (SSSR count). The molecule has 6 heteroatoms. The van der Waals surface area contributed by atoms with Gasteiger partial charge in [-0.1, -0.05) is 6.07 Å². The lowest BCUT2D eigenvalue weighted by Gasteiger charge is -2.17. The summed E-state index contributed by atoms with van der Waals surface area (Å²) in [6.07, 6.45) is 1.63. The highest BCUT2D eigenvalue weighted by molar-refractivity contribution is 9.10. The molecule has 0 aliphatic heterocycles. The first-order valence-corrected chi connectivity index (χ1v) is 6.11. The van der Waals surface area contributed by atoms with Gasteiger partial charge in [0.15, 0.2) is 0 Å². The smallest absolute Gasteiger partial charge is 0.132 e. The van der Waals surface area contributed by atoms with Crippen molar-refractivity contribution >= 4 is 15.9 Å². The van der Waals surface area contributed by atoms with Crippen LogP contribution in [0, 0.1) is 5.82 Å². The van der Waals surface area contributed by atoms with E-state index in [1.54, 1.807) is 30.1 Å². The number of hydrogen-bond donors (Lipinski definition) is 1. The average Bonchev–Trinajstić information content (AvgIpc) is 2.68. The van der Waals surface area contributed by atoms with Crippen molar-refractivity contribution in [2.45, 2.75) is 6.04 Å². The summed E-state index contributed by atoms with van der Waals surface area (Å²) in [5.41, 5.74) is 7.15. The van der Waals surface area contributed by atoms with Gasteiger partial charge in [-0.3, -0.25) is 4.68 Å². The third-order valence-electron chi connectivity index (χ3n) is 2.78. The summed E-state index contributed by atoms with van der Waals surface area (Å²) in [5.74, 6) is 0.0329. The summed E-state index contributed by atoms with van der Waals surface area (Å²) in [6, 6.07) is 3.98. The van der Waals surface area contributed by atoms with Gasteiger partial charge in [0.05, 0.1) is 35.1 Å². The molecule has 0 aliphatic carbocycles. The summed E-state index contributed by atoms with van der Waals surface area (Å²) in [5, 5.41) is 4.07. The van der Waals surface area contributed by atoms with Gasteiger partial charge in [-0.05, 0) is 28.1 Å². The van der Waals surface area contributed by atoms with Gasteiger partial charge in [-0.25, -0.2) is 4.39 Å². The summed E-state index contributed by atoms with van der Waals surface area (Å²) in [7, 11) is 3.25. The molecule has 0 bridgehead atoms. The molecule has 0 fully saturated rings. The van der Waals surface area contributed by atoms with Crippen LogP contribution in [0.1, 0.15) is 17.3 Å². The lowest BCUT2D eigenvalue weighted by molar-refractivity contribution is 0.401. The topological polar surface area (TPSA) is 53.1 Å². The van der Waals surface area contributed by atoms with E-state index in [0.29, 0.717) is 17.0 Å². The molecule has 2 aromatic rings. The second kappa shape index (κ2) is 5.07. The van der Waals surface area contributed by atoms with Crippen molar-refractivity contribution in [2.24, 2.45) is 12.8 Å². The molecule has 0 amide bonds. The third-order valence-corrected chi connectivity index (χ3v) is 3.39. The maximum Gasteiger partial charge on any atom is 0.132 e. The summed E-state index contributed by atoms with van der Waals surface area (Å²) >= 11 is 3.36. The number of methoxy groups -OCH3 is 1. The van der Waals surface area contributed by atoms with E-state index in [1.165, 1.54) is 13.2 Å². The number of nitrogens with zero attached hydrogens (tertiary/aromatic N) is 2. The molecule has 1 unspecified atom stereocenters. The predicted molar refractivity (Wildman–Crippen MR) is 69.9 cm³/mol. The molecule has 2 N–H and O–H groups in total. The van der Waals surface area contributed by atoms with Crippen molar-refractivity contribution < 1.29 is 9.13 Å². The van der Waals surface area contributed by atoms with Crippen LogP contribution in [0.5, 0.6) is 5.75 Å². The van der Waals surface area contributed by atoms with Crippen LogP contribution in [0.4, 0.5) is 4.39 Å². The summed E-state index contributed by atoms with van der Waals surface area (Å²) in [4.78, 5) is 0. The first-order chi connectivity index (χ1) is 8.56. The third kappa shape index (κ3) is 2.13. The van der Waals surface area contributed by atoms with Crippen LogP contribution < -0.4 is 10.5 Å². The van der Waals surface area contributed by atoms with Crippen LogP contribution in [0.25, 0.3) is 0 Å². The Bertz CT molecular complexity index is 551. The number of aromatic nitrogens is 2. The number of rotatable bonds is 3. The Morgan fingerprint density at radius 2 is 2.22 bits per heavy atom. The minimum absolute atomic E-state index is 0.323. The Hall–Kier alpha value is -1.40. The quantitative estimate of drug-likeness (QED) is 0.946. The highest BCUT2D eigenvalue weighted by atomic mass is 79.9. The average molecular weight is 314 g/mol. The van der Waals surface area contributed by atoms with E-state index in [9.17, 15) is 4.39 Å². The lowest BCUT2D eigenvalue weighted by atomic mass is 10.0. The minimum atomic E-state index is -0.650. The van der Waals surface area contributed by atoms with E-state index in [2.05, 4.69) is 21.0 Å². The molecule has 1 aromatic carbocycles. The molecule has 0 aliphatic rings. The fourth-order valence-electron chi connectivity index (χ4n) is 1.90. The van der Waals surface area contributed by atoms with Crippen molar-refractivity contribution in [1.82, 2.24) is 9.78 Å². The second-order valence-corrected chi connectivity index (χ2v) is 4.69. The van der Waals surface area contributed by atoms with Crippen LogP contribution in [0.2, 0.25) is 0 Å². The molecule has 4 nitrogen and oxygen atoms in total. The normalized spacial score (nSPS) is 12.5. The van der Waals surface area contributed by atoms with Gasteiger partial charge >= 0.3 is 0 Å². The predicted octanol–water partition coefficient (Wildman–Crippen LogP) is 2.38. The molecule has 1 heterocycles. The molecule has 1 atom stereocenters. The molecular weight excluding hydrogens is 301 g/mol. The highest BCUT2D eigenvalue weighted by Crippen LogP contribution is 2.33. The summed E-state index contributed by atoms with van der Waals surface area (Å²) in [6.45, 7) is 0. The number of ether oxygens (including phenoxy) is 1. The zero-order chi connectivity index (χ0) is 13.3. The molecule has 18 heavy (non-hydrogen) atoms. The second-order valence-electron chi connectivity index (χ2n) is 3.83. The van der Waals surface area contributed by atoms with Gasteiger partial charge in [-0.2, -0.15) is 5.10 Å². The monoisotopic (exact) mass is 313 g/mol. The Balaban J connectivity index is 2.56. The lowest BCUT2D eigenvalue weighted by Crippen LogP contribution is -2.18. The number of benzene rings is 1. The molecule has 0 radical (unpaired) electrons. The standard InChI is InChI=1S/C12H13BrFN3O/c1-17-12(7(13)6-16-17)11(15)10-8(14)4-3-5-9(10)18-2/h3-6,11H,15H2,1-2H3. The van der Waals surface area contributed by atoms with Crippen molar-refractivity contribution in [3.8, 4) is 5.75 Å². The van der Waals surface area contributed by atoms with Crippen molar-refractivity contribution in [3.63, 3.8) is 0 Å². The summed E-state index contributed by atoms with van der Waals surface area (Å²) < 4.78 is 21.4. The highest BCUT2D eigenvalue weighted by Gasteiger charge is 2.23. The number of nitrogens with two attached hydrogens (primary N) is 1. The zero-order valence-corrected chi connectivity index (χ0v) is 11.6. The van der Waals surface area contributed by atoms with Crippen LogP contribution in [0.3, 0.4) is 0 Å². The first-order valence-electron chi connectivity index (χ1n) is 5.31. The van der Waals surface area contributed by atoms with E-state index < -0.39 is 11.9 Å². The van der Waals surface area contributed by atoms with Crippen LogP contribution in [-0.4, -0.2) is 16.9 Å². The van der Waals surface area contributed by atoms with Crippen molar-refractivity contribution in [1.29, 1.82) is 0 Å². The van der Waals surface area contributed by atoms with Gasteiger partial charge in [0.2, 0.25) is 0 Å². The van der Waals surface area contributed by atoms with E-state index in [0.717, 1.165) is 4.47 Å². The minimum Gasteiger partial charge on any atom is -0.496 e. The van der Waals surface area contributed by atoms with E-state index in [1.807, 2.05) is 0 Å². The number of halogens is 2. The van der Waals surface area contributed by atoms with E-state index in [4.69, 9.17) is 10.5 Å². The fourth-order valence-corrected chi connectivity index (χ4v) is 2.50. The van der Waals surface area contributed by atoms with E-state index >= 15 is 0 Å². The molecule has 96 valence electrons. The van der Waals surface area contributed by atoms with Crippen molar-refractivity contribution in [3.05, 3.63) is 45.9 Å². The molecular formula is C12H13BrFN3O. The Morgan fingerprint density at radius 1 is 1.50 bits per heavy atom. The fraction of sp³-hybridized carbons (Fsp3) is 0.250. The molecule has 0 spiro atoms. The Labute approximate surface area is 113 Å². The Morgan fingerprint density at radius 3 is 2.78 bits per heavy atom. The van der Waals surface area contributed by atoms with Gasteiger partial charge in [0.1, 0.15) is 11.6 Å². The zero-order valence-electron chi connectivity index (χ0n) is 10.0. The van der Waals surface area contributed by atoms with Gasteiger partial charge < -0.3 is 10.5 Å². The van der Waals surface area contributed by atoms with Crippen LogP contribution >= 0.6 is 15.9 Å². The first kappa shape index (κ1) is 13.0. The molecule has 0 saturated carbocycles. The molecule has 0 saturated heterocycles. The maximum atomic E-state index is 13.9. The Kier molecular flexibility index (Phi) is 3.68.